The van der Waals surface area contributed by atoms with E-state index in [0.717, 1.165) is 32.0 Å². The lowest BCUT2D eigenvalue weighted by Gasteiger charge is -2.32. The van der Waals surface area contributed by atoms with Crippen molar-refractivity contribution in [1.29, 1.82) is 0 Å². The molecule has 78 valence electrons. The minimum absolute atomic E-state index is 0.476. The van der Waals surface area contributed by atoms with Crippen molar-refractivity contribution >= 4 is 22.9 Å². The van der Waals surface area contributed by atoms with Crippen molar-refractivity contribution in [3.05, 3.63) is 15.5 Å². The van der Waals surface area contributed by atoms with E-state index in [1.54, 1.807) is 0 Å². The van der Waals surface area contributed by atoms with Crippen molar-refractivity contribution in [2.75, 3.05) is 19.8 Å². The molecule has 0 N–H and O–H groups in total. The number of thiazole rings is 1. The first-order chi connectivity index (χ1) is 6.75. The fourth-order valence-corrected chi connectivity index (χ4v) is 2.33. The molecule has 0 aliphatic carbocycles. The molecule has 5 heteroatoms. The standard InChI is InChI=1S/C9H13ClN2OS/c1-7-5-13-3-2-12(7)4-8-6-14-9(10)11-8/h6-7H,2-5H2,1H3. The van der Waals surface area contributed by atoms with Gasteiger partial charge in [-0.3, -0.25) is 4.90 Å². The summed E-state index contributed by atoms with van der Waals surface area (Å²) in [5.74, 6) is 0. The van der Waals surface area contributed by atoms with E-state index in [2.05, 4.69) is 16.8 Å². The first kappa shape index (κ1) is 10.4. The highest BCUT2D eigenvalue weighted by Gasteiger charge is 2.19. The predicted molar refractivity (Wildman–Crippen MR) is 57.8 cm³/mol. The largest absolute Gasteiger partial charge is 0.379 e. The van der Waals surface area contributed by atoms with E-state index in [1.165, 1.54) is 11.3 Å². The van der Waals surface area contributed by atoms with Crippen LogP contribution in [0.1, 0.15) is 12.6 Å². The van der Waals surface area contributed by atoms with Gasteiger partial charge in [0.1, 0.15) is 0 Å². The Bertz CT molecular complexity index is 305. The number of hydrogen-bond donors (Lipinski definition) is 0. The monoisotopic (exact) mass is 232 g/mol. The summed E-state index contributed by atoms with van der Waals surface area (Å²) in [6.45, 7) is 5.68. The molecule has 1 aliphatic heterocycles. The number of hydrogen-bond acceptors (Lipinski definition) is 4. The molecule has 1 saturated heterocycles. The molecule has 0 saturated carbocycles. The smallest absolute Gasteiger partial charge is 0.183 e. The van der Waals surface area contributed by atoms with Gasteiger partial charge in [0.05, 0.1) is 18.9 Å². The third kappa shape index (κ3) is 2.45. The van der Waals surface area contributed by atoms with E-state index in [4.69, 9.17) is 16.3 Å². The lowest BCUT2D eigenvalue weighted by molar-refractivity contribution is -0.00482. The van der Waals surface area contributed by atoms with Gasteiger partial charge in [-0.25, -0.2) is 4.98 Å². The van der Waals surface area contributed by atoms with Crippen molar-refractivity contribution in [2.24, 2.45) is 0 Å². The summed E-state index contributed by atoms with van der Waals surface area (Å²) < 4.78 is 6.00. The Balaban J connectivity index is 1.95. The number of nitrogens with zero attached hydrogens (tertiary/aromatic N) is 2. The van der Waals surface area contributed by atoms with Gasteiger partial charge in [0, 0.05) is 24.5 Å². The van der Waals surface area contributed by atoms with Gasteiger partial charge in [-0.2, -0.15) is 0 Å². The highest BCUT2D eigenvalue weighted by Crippen LogP contribution is 2.18. The average Bonchev–Trinajstić information content (AvgIpc) is 2.56. The van der Waals surface area contributed by atoms with Crippen molar-refractivity contribution < 1.29 is 4.74 Å². The molecule has 14 heavy (non-hydrogen) atoms. The maximum atomic E-state index is 5.78. The predicted octanol–water partition coefficient (Wildman–Crippen LogP) is 2.02. The van der Waals surface area contributed by atoms with Crippen molar-refractivity contribution in [2.45, 2.75) is 19.5 Å². The molecule has 2 rings (SSSR count). The second kappa shape index (κ2) is 4.57. The van der Waals surface area contributed by atoms with E-state index >= 15 is 0 Å². The molecule has 1 atom stereocenters. The topological polar surface area (TPSA) is 25.4 Å². The molecule has 0 amide bonds. The van der Waals surface area contributed by atoms with Gasteiger partial charge < -0.3 is 4.74 Å². The van der Waals surface area contributed by atoms with Crippen LogP contribution in [-0.2, 0) is 11.3 Å². The van der Waals surface area contributed by atoms with Crippen molar-refractivity contribution in [3.8, 4) is 0 Å². The Hall–Kier alpha value is -0.160. The first-order valence-corrected chi connectivity index (χ1v) is 5.93. The summed E-state index contributed by atoms with van der Waals surface area (Å²) in [5, 5.41) is 2.02. The highest BCUT2D eigenvalue weighted by atomic mass is 35.5. The van der Waals surface area contributed by atoms with Crippen LogP contribution in [0.3, 0.4) is 0 Å². The average molecular weight is 233 g/mol. The molecule has 1 fully saturated rings. The quantitative estimate of drug-likeness (QED) is 0.780. The van der Waals surface area contributed by atoms with Gasteiger partial charge in [-0.1, -0.05) is 11.6 Å². The summed E-state index contributed by atoms with van der Waals surface area (Å²) in [7, 11) is 0. The Morgan fingerprint density at radius 2 is 2.64 bits per heavy atom. The van der Waals surface area contributed by atoms with Crippen molar-refractivity contribution in [3.63, 3.8) is 0 Å². The number of rotatable bonds is 2. The Morgan fingerprint density at radius 3 is 3.29 bits per heavy atom. The lowest BCUT2D eigenvalue weighted by atomic mass is 10.2. The van der Waals surface area contributed by atoms with Gasteiger partial charge in [-0.05, 0) is 6.92 Å². The maximum absolute atomic E-state index is 5.78. The van der Waals surface area contributed by atoms with Crippen LogP contribution >= 0.6 is 22.9 Å². The summed E-state index contributed by atoms with van der Waals surface area (Å²) in [5.41, 5.74) is 1.06. The van der Waals surface area contributed by atoms with Crippen LogP contribution in [0.2, 0.25) is 4.47 Å². The van der Waals surface area contributed by atoms with E-state index in [1.807, 2.05) is 5.38 Å². The summed E-state index contributed by atoms with van der Waals surface area (Å²) in [4.78, 5) is 6.61. The van der Waals surface area contributed by atoms with E-state index in [0.29, 0.717) is 10.5 Å². The molecule has 1 unspecified atom stereocenters. The van der Waals surface area contributed by atoms with Gasteiger partial charge in [0.2, 0.25) is 0 Å². The Labute approximate surface area is 92.7 Å². The van der Waals surface area contributed by atoms with E-state index in [-0.39, 0.29) is 0 Å². The third-order valence-corrected chi connectivity index (χ3v) is 3.42. The zero-order valence-electron chi connectivity index (χ0n) is 8.07. The second-order valence-corrected chi connectivity index (χ2v) is 4.93. The molecule has 0 aromatic carbocycles. The lowest BCUT2D eigenvalue weighted by Crippen LogP contribution is -2.42. The van der Waals surface area contributed by atoms with Gasteiger partial charge in [0.15, 0.2) is 4.47 Å². The fraction of sp³-hybridized carbons (Fsp3) is 0.667. The molecular weight excluding hydrogens is 220 g/mol. The molecule has 0 radical (unpaired) electrons. The summed E-state index contributed by atoms with van der Waals surface area (Å²) in [6, 6.07) is 0.476. The fourth-order valence-electron chi connectivity index (χ4n) is 1.56. The van der Waals surface area contributed by atoms with Crippen molar-refractivity contribution in [1.82, 2.24) is 9.88 Å². The second-order valence-electron chi connectivity index (χ2n) is 3.49. The van der Waals surface area contributed by atoms with Crippen LogP contribution in [0.5, 0.6) is 0 Å². The van der Waals surface area contributed by atoms with Gasteiger partial charge >= 0.3 is 0 Å². The molecule has 3 nitrogen and oxygen atoms in total. The molecule has 0 spiro atoms. The van der Waals surface area contributed by atoms with E-state index in [9.17, 15) is 0 Å². The number of morpholine rings is 1. The molecule has 0 bridgehead atoms. The van der Waals surface area contributed by atoms with Crippen LogP contribution in [0.15, 0.2) is 5.38 Å². The zero-order chi connectivity index (χ0) is 9.97. The Kier molecular flexibility index (Phi) is 3.38. The molecule has 1 aromatic rings. The third-order valence-electron chi connectivity index (χ3n) is 2.39. The van der Waals surface area contributed by atoms with Crippen LogP contribution in [0, 0.1) is 0 Å². The highest BCUT2D eigenvalue weighted by molar-refractivity contribution is 7.13. The molecule has 1 aromatic heterocycles. The normalized spacial score (nSPS) is 24.0. The number of aromatic nitrogens is 1. The van der Waals surface area contributed by atoms with Crippen LogP contribution < -0.4 is 0 Å². The molecular formula is C9H13ClN2OS. The SMILES string of the molecule is CC1COCCN1Cc1csc(Cl)n1. The van der Waals surface area contributed by atoms with Crippen LogP contribution in [-0.4, -0.2) is 35.7 Å². The minimum atomic E-state index is 0.476. The summed E-state index contributed by atoms with van der Waals surface area (Å²) in [6.07, 6.45) is 0. The maximum Gasteiger partial charge on any atom is 0.183 e. The van der Waals surface area contributed by atoms with Crippen LogP contribution in [0.4, 0.5) is 0 Å². The van der Waals surface area contributed by atoms with Gasteiger partial charge in [-0.15, -0.1) is 11.3 Å². The minimum Gasteiger partial charge on any atom is -0.379 e. The summed E-state index contributed by atoms with van der Waals surface area (Å²) >= 11 is 7.27. The number of ether oxygens (including phenoxy) is 1. The van der Waals surface area contributed by atoms with Crippen LogP contribution in [0.25, 0.3) is 0 Å². The number of halogens is 1. The van der Waals surface area contributed by atoms with E-state index < -0.39 is 0 Å². The molecule has 1 aliphatic rings. The van der Waals surface area contributed by atoms with Gasteiger partial charge in [0.25, 0.3) is 0 Å². The zero-order valence-corrected chi connectivity index (χ0v) is 9.64. The first-order valence-electron chi connectivity index (χ1n) is 4.67. The Morgan fingerprint density at radius 1 is 1.79 bits per heavy atom. The molecule has 2 heterocycles.